The molecule has 0 amide bonds. The zero-order chi connectivity index (χ0) is 42.1. The third-order valence-corrected chi connectivity index (χ3v) is 12.9. The Balaban J connectivity index is 4.91. The van der Waals surface area contributed by atoms with Crippen molar-refractivity contribution in [1.29, 1.82) is 0 Å². The third-order valence-electron chi connectivity index (χ3n) is 11.4. The van der Waals surface area contributed by atoms with Crippen LogP contribution in [0.4, 0.5) is 0 Å². The van der Waals surface area contributed by atoms with E-state index < -0.39 is 19.9 Å². The van der Waals surface area contributed by atoms with Crippen LogP contribution in [0.5, 0.6) is 0 Å². The Bertz CT molecular complexity index is 1010. The lowest BCUT2D eigenvalue weighted by Gasteiger charge is -2.35. The highest BCUT2D eigenvalue weighted by molar-refractivity contribution is 7.48. The number of carbonyl (C=O) groups is 2. The summed E-state index contributed by atoms with van der Waals surface area (Å²) in [5.74, 6) is -0.754. The second-order valence-corrected chi connectivity index (χ2v) is 17.8. The van der Waals surface area contributed by atoms with Gasteiger partial charge in [-0.3, -0.25) is 23.2 Å². The molecule has 0 aromatic carbocycles. The molecule has 0 radical (unpaired) electrons. The Hall–Kier alpha value is -1.50. The number of nitrogens with zero attached hydrogens (tertiary/aromatic N) is 2. The minimum Gasteiger partial charge on any atom is -0.462 e. The lowest BCUT2D eigenvalue weighted by molar-refractivity contribution is -0.923. The van der Waals surface area contributed by atoms with Crippen LogP contribution in [0.2, 0.25) is 0 Å². The summed E-state index contributed by atoms with van der Waals surface area (Å²) in [6, 6.07) is 0. The number of esters is 2. The molecule has 10 nitrogen and oxygen atoms in total. The molecular weight excluding hydrogens is 739 g/mol. The van der Waals surface area contributed by atoms with Crippen molar-refractivity contribution in [2.75, 3.05) is 59.2 Å². The van der Waals surface area contributed by atoms with E-state index in [-0.39, 0.29) is 45.4 Å². The van der Waals surface area contributed by atoms with Gasteiger partial charge >= 0.3 is 19.8 Å². The van der Waals surface area contributed by atoms with Crippen LogP contribution >= 0.6 is 7.82 Å². The summed E-state index contributed by atoms with van der Waals surface area (Å²) in [6.45, 7) is 20.8. The molecule has 11 heteroatoms. The van der Waals surface area contributed by atoms with Gasteiger partial charge in [0.1, 0.15) is 26.4 Å². The summed E-state index contributed by atoms with van der Waals surface area (Å²) in [4.78, 5) is 28.9. The van der Waals surface area contributed by atoms with Gasteiger partial charge in [-0.1, -0.05) is 168 Å². The molecule has 0 aromatic heterocycles. The normalized spacial score (nSPS) is 13.3. The van der Waals surface area contributed by atoms with E-state index in [0.29, 0.717) is 13.0 Å². The van der Waals surface area contributed by atoms with E-state index in [1.165, 1.54) is 128 Å². The fourth-order valence-electron chi connectivity index (χ4n) is 7.17. The highest BCUT2D eigenvalue weighted by atomic mass is 31.2. The summed E-state index contributed by atoms with van der Waals surface area (Å²) < 4.78 is 42.7. The summed E-state index contributed by atoms with van der Waals surface area (Å²) in [5.41, 5.74) is 0. The first kappa shape index (κ1) is 55.5. The van der Waals surface area contributed by atoms with Crippen LogP contribution < -0.4 is 0 Å². The molecule has 2 atom stereocenters. The van der Waals surface area contributed by atoms with Crippen molar-refractivity contribution in [3.8, 4) is 0 Å². The first-order valence-electron chi connectivity index (χ1n) is 23.8. The second kappa shape index (κ2) is 39.9. The molecule has 57 heavy (non-hydrogen) atoms. The second-order valence-electron chi connectivity index (χ2n) is 16.1. The van der Waals surface area contributed by atoms with E-state index >= 15 is 0 Å². The Morgan fingerprint density at radius 3 is 1.32 bits per heavy atom. The molecule has 0 heterocycles. The molecule has 2 unspecified atom stereocenters. The Labute approximate surface area is 351 Å². The summed E-state index contributed by atoms with van der Waals surface area (Å²) in [6.07, 6.45) is 31.3. The summed E-state index contributed by atoms with van der Waals surface area (Å²) in [5, 5.41) is 0. The number of carbonyl (C=O) groups excluding carboxylic acids is 2. The molecule has 0 aliphatic rings. The standard InChI is InChI=1S/C46H90N2O8P/c1-7-12-14-16-18-20-22-24-26-28-30-32-34-36-45(49)52-42-44(56-46(50)37-35-33-31-29-27-25-23-21-19-17-15-13-8-2)43-55-57(51,53-40-38-47-6)54-41-39-48(9-3,10-4)11-5/h44H,7-43H2,1-5H3/q+1. The number of ether oxygens (including phenoxy) is 2. The number of hydrogen-bond donors (Lipinski definition) is 0. The largest absolute Gasteiger partial charge is 0.475 e. The van der Waals surface area contributed by atoms with Gasteiger partial charge in [0.25, 0.3) is 0 Å². The first-order chi connectivity index (χ1) is 27.7. The highest BCUT2D eigenvalue weighted by Gasteiger charge is 2.32. The van der Waals surface area contributed by atoms with E-state index in [1.807, 2.05) is 0 Å². The van der Waals surface area contributed by atoms with Gasteiger partial charge in [-0.2, -0.15) is 0 Å². The average molecular weight is 830 g/mol. The maximum absolute atomic E-state index is 13.7. The SMILES string of the molecule is [C-]#[N+]CCOP(=O)(OCC[N+](CC)(CC)CC)OCC(COC(=O)CCCCCCCCCCCCCCC)OC(=O)CCCCCCCCCCCCCCC. The molecule has 0 bridgehead atoms. The van der Waals surface area contributed by atoms with Gasteiger partial charge in [0.05, 0.1) is 26.2 Å². The maximum Gasteiger partial charge on any atom is 0.475 e. The van der Waals surface area contributed by atoms with Crippen LogP contribution in [-0.2, 0) is 37.2 Å². The van der Waals surface area contributed by atoms with E-state index in [4.69, 9.17) is 29.6 Å². The molecule has 336 valence electrons. The van der Waals surface area contributed by atoms with E-state index in [1.54, 1.807) is 0 Å². The third kappa shape index (κ3) is 34.0. The van der Waals surface area contributed by atoms with Crippen LogP contribution in [0.15, 0.2) is 0 Å². The van der Waals surface area contributed by atoms with E-state index in [0.717, 1.165) is 62.6 Å². The van der Waals surface area contributed by atoms with Gasteiger partial charge in [0.15, 0.2) is 6.10 Å². The van der Waals surface area contributed by atoms with Crippen LogP contribution in [0.25, 0.3) is 4.85 Å². The minimum atomic E-state index is -4.09. The van der Waals surface area contributed by atoms with Crippen LogP contribution in [0, 0.1) is 6.57 Å². The van der Waals surface area contributed by atoms with Crippen molar-refractivity contribution in [2.45, 2.75) is 221 Å². The number of phosphoric acid groups is 1. The van der Waals surface area contributed by atoms with Crippen molar-refractivity contribution >= 4 is 19.8 Å². The molecule has 0 aliphatic heterocycles. The molecule has 0 aliphatic carbocycles. The van der Waals surface area contributed by atoms with Crippen molar-refractivity contribution in [3.05, 3.63) is 11.4 Å². The average Bonchev–Trinajstić information content (AvgIpc) is 3.21. The van der Waals surface area contributed by atoms with Gasteiger partial charge in [-0.15, -0.1) is 0 Å². The van der Waals surface area contributed by atoms with Gasteiger partial charge in [0, 0.05) is 12.8 Å². The van der Waals surface area contributed by atoms with Gasteiger partial charge in [-0.25, -0.2) is 11.1 Å². The number of likely N-dealkylation sites (N-methyl/N-ethyl adjacent to an activating group) is 1. The zero-order valence-electron chi connectivity index (χ0n) is 37.8. The molecule has 0 aromatic rings. The fourth-order valence-corrected chi connectivity index (χ4v) is 8.35. The quantitative estimate of drug-likeness (QED) is 0.0197. The molecule has 0 rings (SSSR count). The number of phosphoric ester groups is 1. The predicted octanol–water partition coefficient (Wildman–Crippen LogP) is 13.4. The smallest absolute Gasteiger partial charge is 0.462 e. The molecule has 0 saturated carbocycles. The van der Waals surface area contributed by atoms with Crippen molar-refractivity contribution in [3.63, 3.8) is 0 Å². The maximum atomic E-state index is 13.7. The van der Waals surface area contributed by atoms with Crippen molar-refractivity contribution < 1.29 is 41.7 Å². The van der Waals surface area contributed by atoms with Gasteiger partial charge in [0.2, 0.25) is 6.54 Å². The molecule has 0 N–H and O–H groups in total. The van der Waals surface area contributed by atoms with Crippen LogP contribution in [-0.4, -0.2) is 81.7 Å². The lowest BCUT2D eigenvalue weighted by Crippen LogP contribution is -2.49. The Morgan fingerprint density at radius 2 is 0.912 bits per heavy atom. The first-order valence-corrected chi connectivity index (χ1v) is 25.3. The van der Waals surface area contributed by atoms with Crippen LogP contribution in [0.3, 0.4) is 0 Å². The van der Waals surface area contributed by atoms with E-state index in [2.05, 4.69) is 39.5 Å². The van der Waals surface area contributed by atoms with Crippen LogP contribution in [0.1, 0.15) is 214 Å². The lowest BCUT2D eigenvalue weighted by atomic mass is 10.0. The Kier molecular flexibility index (Phi) is 38.9. The van der Waals surface area contributed by atoms with E-state index in [9.17, 15) is 14.2 Å². The zero-order valence-corrected chi connectivity index (χ0v) is 38.7. The molecule has 0 fully saturated rings. The fraction of sp³-hybridized carbons (Fsp3) is 0.935. The Morgan fingerprint density at radius 1 is 0.526 bits per heavy atom. The number of rotatable bonds is 44. The number of quaternary nitrogens is 1. The highest BCUT2D eigenvalue weighted by Crippen LogP contribution is 2.49. The topological polar surface area (TPSA) is 102 Å². The number of unbranched alkanes of at least 4 members (excludes halogenated alkanes) is 24. The van der Waals surface area contributed by atoms with Gasteiger partial charge in [-0.05, 0) is 33.6 Å². The molecule has 0 saturated heterocycles. The monoisotopic (exact) mass is 830 g/mol. The summed E-state index contributed by atoms with van der Waals surface area (Å²) in [7, 11) is -4.09. The minimum absolute atomic E-state index is 0.00390. The molecular formula is C46H90N2O8P+. The predicted molar refractivity (Wildman–Crippen MR) is 235 cm³/mol. The van der Waals surface area contributed by atoms with Crippen molar-refractivity contribution in [2.24, 2.45) is 0 Å². The molecule has 0 spiro atoms. The number of hydrogen-bond acceptors (Lipinski definition) is 8. The van der Waals surface area contributed by atoms with Gasteiger partial charge < -0.3 is 18.8 Å². The summed E-state index contributed by atoms with van der Waals surface area (Å²) >= 11 is 0. The van der Waals surface area contributed by atoms with Crippen molar-refractivity contribution in [1.82, 2.24) is 0 Å².